The first kappa shape index (κ1) is 21.7. The van der Waals surface area contributed by atoms with Gasteiger partial charge in [0, 0.05) is 47.5 Å². The Balaban J connectivity index is 1.36. The molecule has 1 saturated heterocycles. The van der Waals surface area contributed by atoms with Crippen molar-refractivity contribution in [3.8, 4) is 5.75 Å². The van der Waals surface area contributed by atoms with Crippen molar-refractivity contribution < 1.29 is 27.2 Å². The summed E-state index contributed by atoms with van der Waals surface area (Å²) in [6.07, 6.45) is 1.66. The van der Waals surface area contributed by atoms with Crippen molar-refractivity contribution >= 4 is 44.3 Å². The fourth-order valence-electron chi connectivity index (χ4n) is 4.04. The van der Waals surface area contributed by atoms with E-state index in [9.17, 15) is 17.8 Å². The van der Waals surface area contributed by atoms with Gasteiger partial charge in [-0.3, -0.25) is 14.2 Å². The maximum atomic E-state index is 12.5. The Kier molecular flexibility index (Phi) is 5.67. The molecule has 0 atom stereocenters. The van der Waals surface area contributed by atoms with Crippen molar-refractivity contribution in [2.24, 2.45) is 0 Å². The number of nitrogens with zero attached hydrogens (tertiary/aromatic N) is 1. The topological polar surface area (TPSA) is 121 Å². The molecule has 3 heterocycles. The molecule has 33 heavy (non-hydrogen) atoms. The van der Waals surface area contributed by atoms with Crippen LogP contribution >= 0.6 is 0 Å². The van der Waals surface area contributed by atoms with Crippen LogP contribution in [-0.4, -0.2) is 68.2 Å². The number of hydrogen-bond acceptors (Lipinski definition) is 6. The number of ether oxygens (including phenoxy) is 2. The predicted molar refractivity (Wildman–Crippen MR) is 124 cm³/mol. The van der Waals surface area contributed by atoms with Crippen LogP contribution in [0.5, 0.6) is 5.75 Å². The number of aromatic amines is 1. The molecule has 0 unspecified atom stereocenters. The number of H-pyrrole nitrogens is 1. The predicted octanol–water partition coefficient (Wildman–Crippen LogP) is 2.62. The molecule has 2 aliphatic heterocycles. The molecule has 1 aromatic heterocycles. The van der Waals surface area contributed by atoms with E-state index in [1.54, 1.807) is 6.08 Å². The largest absolute Gasteiger partial charge is 0.492 e. The molecule has 172 valence electrons. The molecule has 3 N–H and O–H groups in total. The van der Waals surface area contributed by atoms with E-state index >= 15 is 0 Å². The molecule has 0 spiro atoms. The summed E-state index contributed by atoms with van der Waals surface area (Å²) < 4.78 is 43.6. The van der Waals surface area contributed by atoms with Crippen LogP contribution in [0, 0.1) is 0 Å². The number of carbonyl (C=O) groups is 1. The van der Waals surface area contributed by atoms with Gasteiger partial charge in [-0.25, -0.2) is 0 Å². The van der Waals surface area contributed by atoms with Gasteiger partial charge in [0.25, 0.3) is 16.0 Å². The summed E-state index contributed by atoms with van der Waals surface area (Å²) in [4.78, 5) is 17.8. The summed E-state index contributed by atoms with van der Waals surface area (Å²) in [5.74, 6) is 0.416. The molecule has 1 amide bonds. The third kappa shape index (κ3) is 4.64. The minimum Gasteiger partial charge on any atom is -0.492 e. The van der Waals surface area contributed by atoms with Crippen LogP contribution in [0.2, 0.25) is 0 Å². The van der Waals surface area contributed by atoms with Gasteiger partial charge in [0.15, 0.2) is 0 Å². The minimum absolute atomic E-state index is 0.265. The molecule has 0 radical (unpaired) electrons. The molecule has 9 nitrogen and oxygen atoms in total. The van der Waals surface area contributed by atoms with E-state index in [0.717, 1.165) is 49.5 Å². The second-order valence-electron chi connectivity index (χ2n) is 7.97. The fraction of sp³-hybridized carbons (Fsp3) is 0.261. The van der Waals surface area contributed by atoms with E-state index in [1.807, 2.05) is 24.3 Å². The molecule has 2 aliphatic rings. The molecule has 0 saturated carbocycles. The average molecular weight is 470 g/mol. The Bertz CT molecular complexity index is 1360. The number of morpholine rings is 1. The highest BCUT2D eigenvalue weighted by atomic mass is 32.2. The third-order valence-corrected chi connectivity index (χ3v) is 6.61. The SMILES string of the molecule is O=C1Nc2ccc(S(=O)(=O)O)cc2C1=Cc1cc2cc(OCCN3CCOCC3)ccc2[nH]1. The van der Waals surface area contributed by atoms with Gasteiger partial charge in [-0.05, 0) is 48.5 Å². The Morgan fingerprint density at radius 2 is 1.94 bits per heavy atom. The zero-order valence-corrected chi connectivity index (χ0v) is 18.5. The van der Waals surface area contributed by atoms with Crippen LogP contribution in [0.25, 0.3) is 22.6 Å². The lowest BCUT2D eigenvalue weighted by atomic mass is 10.1. The van der Waals surface area contributed by atoms with Gasteiger partial charge < -0.3 is 19.8 Å². The second kappa shape index (κ2) is 8.64. The number of amides is 1. The highest BCUT2D eigenvalue weighted by molar-refractivity contribution is 7.85. The van der Waals surface area contributed by atoms with E-state index in [-0.39, 0.29) is 10.8 Å². The number of rotatable bonds is 6. The number of anilines is 1. The Morgan fingerprint density at radius 3 is 2.73 bits per heavy atom. The molecule has 5 rings (SSSR count). The number of benzene rings is 2. The van der Waals surface area contributed by atoms with Crippen LogP contribution in [0.4, 0.5) is 5.69 Å². The molecule has 0 aliphatic carbocycles. The van der Waals surface area contributed by atoms with Gasteiger partial charge in [0.1, 0.15) is 12.4 Å². The first-order valence-electron chi connectivity index (χ1n) is 10.6. The van der Waals surface area contributed by atoms with Gasteiger partial charge in [-0.15, -0.1) is 0 Å². The maximum absolute atomic E-state index is 12.5. The second-order valence-corrected chi connectivity index (χ2v) is 9.39. The first-order chi connectivity index (χ1) is 15.9. The summed E-state index contributed by atoms with van der Waals surface area (Å²) in [5.41, 5.74) is 2.79. The summed E-state index contributed by atoms with van der Waals surface area (Å²) >= 11 is 0. The molecular formula is C23H23N3O6S. The Hall–Kier alpha value is -3.18. The normalized spacial score (nSPS) is 18.0. The zero-order valence-electron chi connectivity index (χ0n) is 17.7. The lowest BCUT2D eigenvalue weighted by molar-refractivity contribution is -0.110. The lowest BCUT2D eigenvalue weighted by Crippen LogP contribution is -2.38. The monoisotopic (exact) mass is 469 g/mol. The highest BCUT2D eigenvalue weighted by Gasteiger charge is 2.26. The number of hydrogen-bond donors (Lipinski definition) is 3. The van der Waals surface area contributed by atoms with Crippen molar-refractivity contribution in [1.82, 2.24) is 9.88 Å². The van der Waals surface area contributed by atoms with Crippen molar-refractivity contribution in [2.45, 2.75) is 4.90 Å². The first-order valence-corrected chi connectivity index (χ1v) is 12.0. The third-order valence-electron chi connectivity index (χ3n) is 5.76. The summed E-state index contributed by atoms with van der Waals surface area (Å²) in [6, 6.07) is 11.6. The van der Waals surface area contributed by atoms with Crippen molar-refractivity contribution in [3.63, 3.8) is 0 Å². The van der Waals surface area contributed by atoms with Gasteiger partial charge in [0.2, 0.25) is 0 Å². The number of fused-ring (bicyclic) bond motifs is 2. The average Bonchev–Trinajstić information content (AvgIpc) is 3.33. The summed E-state index contributed by atoms with van der Waals surface area (Å²) in [7, 11) is -4.38. The molecule has 0 bridgehead atoms. The van der Waals surface area contributed by atoms with Crippen molar-refractivity contribution in [3.05, 3.63) is 53.7 Å². The Labute approximate surface area is 190 Å². The van der Waals surface area contributed by atoms with E-state index in [0.29, 0.717) is 29.1 Å². The maximum Gasteiger partial charge on any atom is 0.294 e. The highest BCUT2D eigenvalue weighted by Crippen LogP contribution is 2.35. The zero-order chi connectivity index (χ0) is 23.0. The molecule has 2 aromatic carbocycles. The van der Waals surface area contributed by atoms with Crippen LogP contribution < -0.4 is 10.1 Å². The standard InChI is InChI=1S/C23H23N3O6S/c27-23-20(19-14-18(33(28,29)30)2-4-22(19)25-23)13-16-11-15-12-17(1-3-21(15)24-16)32-10-7-26-5-8-31-9-6-26/h1-4,11-14,24H,5-10H2,(H,25,27)(H,28,29,30). The van der Waals surface area contributed by atoms with E-state index in [1.165, 1.54) is 18.2 Å². The van der Waals surface area contributed by atoms with Crippen molar-refractivity contribution in [2.75, 3.05) is 44.8 Å². The summed E-state index contributed by atoms with van der Waals surface area (Å²) in [5, 5.41) is 3.64. The van der Waals surface area contributed by atoms with Crippen LogP contribution in [0.1, 0.15) is 11.3 Å². The lowest BCUT2D eigenvalue weighted by Gasteiger charge is -2.26. The number of nitrogens with one attached hydrogen (secondary N) is 2. The van der Waals surface area contributed by atoms with Gasteiger partial charge in [-0.2, -0.15) is 8.42 Å². The van der Waals surface area contributed by atoms with Gasteiger partial charge in [-0.1, -0.05) is 0 Å². The van der Waals surface area contributed by atoms with E-state index in [4.69, 9.17) is 9.47 Å². The molecule has 10 heteroatoms. The van der Waals surface area contributed by atoms with Crippen molar-refractivity contribution in [1.29, 1.82) is 0 Å². The van der Waals surface area contributed by atoms with Crippen LogP contribution in [-0.2, 0) is 19.6 Å². The fourth-order valence-corrected chi connectivity index (χ4v) is 4.55. The number of carbonyl (C=O) groups excluding carboxylic acids is 1. The van der Waals surface area contributed by atoms with Crippen LogP contribution in [0.15, 0.2) is 47.4 Å². The van der Waals surface area contributed by atoms with E-state index < -0.39 is 10.1 Å². The van der Waals surface area contributed by atoms with E-state index in [2.05, 4.69) is 15.2 Å². The minimum atomic E-state index is -4.38. The smallest absolute Gasteiger partial charge is 0.294 e. The quantitative estimate of drug-likeness (QED) is 0.375. The molecule has 3 aromatic rings. The summed E-state index contributed by atoms with van der Waals surface area (Å²) in [6.45, 7) is 4.77. The number of aromatic nitrogens is 1. The van der Waals surface area contributed by atoms with Gasteiger partial charge in [0.05, 0.1) is 23.7 Å². The van der Waals surface area contributed by atoms with Crippen LogP contribution in [0.3, 0.4) is 0 Å². The Morgan fingerprint density at radius 1 is 1.12 bits per heavy atom. The molecular weight excluding hydrogens is 446 g/mol. The molecule has 1 fully saturated rings. The van der Waals surface area contributed by atoms with Gasteiger partial charge >= 0.3 is 0 Å².